The van der Waals surface area contributed by atoms with Crippen LogP contribution in [0, 0.1) is 0 Å². The molecule has 0 aliphatic carbocycles. The van der Waals surface area contributed by atoms with Crippen molar-refractivity contribution in [2.45, 2.75) is 11.8 Å². The molecule has 6 heteroatoms. The number of hydrogen-bond donors (Lipinski definition) is 2. The molecule has 0 saturated carbocycles. The largest absolute Gasteiger partial charge is 0.323 e. The molecule has 1 aromatic carbocycles. The smallest absolute Gasteiger partial charge is 0.311 e. The van der Waals surface area contributed by atoms with E-state index in [9.17, 15) is 9.59 Å². The van der Waals surface area contributed by atoms with E-state index in [1.807, 2.05) is 0 Å². The van der Waals surface area contributed by atoms with E-state index in [0.717, 1.165) is 11.2 Å². The van der Waals surface area contributed by atoms with Crippen molar-refractivity contribution < 1.29 is 4.79 Å². The van der Waals surface area contributed by atoms with Gasteiger partial charge in [0.05, 0.1) is 16.4 Å². The highest BCUT2D eigenvalue weighted by Crippen LogP contribution is 2.25. The number of hydrogen-bond acceptors (Lipinski definition) is 2. The van der Waals surface area contributed by atoms with Gasteiger partial charge in [-0.1, -0.05) is 0 Å². The van der Waals surface area contributed by atoms with Crippen LogP contribution in [0.5, 0.6) is 0 Å². The van der Waals surface area contributed by atoms with Crippen LogP contribution in [0.15, 0.2) is 23.0 Å². The lowest BCUT2D eigenvalue weighted by Crippen LogP contribution is -2.24. The van der Waals surface area contributed by atoms with E-state index < -0.39 is 0 Å². The molecule has 0 bridgehead atoms. The monoisotopic (exact) mass is 251 g/mol. The SMILES string of the molecule is O=C1CC(Cl)CN1c1ccc2[nH]c(=O)[nH]c2c1. The number of fused-ring (bicyclic) bond motifs is 1. The molecular formula is C11H10ClN3O2. The van der Waals surface area contributed by atoms with Crippen molar-refractivity contribution in [2.24, 2.45) is 0 Å². The third kappa shape index (κ3) is 1.72. The van der Waals surface area contributed by atoms with Crippen molar-refractivity contribution in [1.82, 2.24) is 9.97 Å². The number of imidazole rings is 1. The number of H-pyrrole nitrogens is 2. The van der Waals surface area contributed by atoms with Crippen molar-refractivity contribution in [3.05, 3.63) is 28.7 Å². The number of amides is 1. The second kappa shape index (κ2) is 3.63. The predicted octanol–water partition coefficient (Wildman–Crippen LogP) is 1.20. The molecule has 88 valence electrons. The summed E-state index contributed by atoms with van der Waals surface area (Å²) in [4.78, 5) is 29.8. The number of aromatic amines is 2. The third-order valence-electron chi connectivity index (χ3n) is 2.89. The Morgan fingerprint density at radius 3 is 2.71 bits per heavy atom. The van der Waals surface area contributed by atoms with Gasteiger partial charge in [0, 0.05) is 18.7 Å². The minimum atomic E-state index is -0.250. The number of nitrogens with one attached hydrogen (secondary N) is 2. The van der Waals surface area contributed by atoms with Crippen LogP contribution >= 0.6 is 11.6 Å². The van der Waals surface area contributed by atoms with Crippen molar-refractivity contribution in [3.8, 4) is 0 Å². The van der Waals surface area contributed by atoms with Gasteiger partial charge in [0.25, 0.3) is 0 Å². The molecule has 1 aliphatic heterocycles. The Kier molecular flexibility index (Phi) is 2.22. The normalized spacial score (nSPS) is 20.4. The van der Waals surface area contributed by atoms with Gasteiger partial charge < -0.3 is 14.9 Å². The molecule has 2 aromatic rings. The fourth-order valence-electron chi connectivity index (χ4n) is 2.10. The van der Waals surface area contributed by atoms with Crippen LogP contribution in [0.2, 0.25) is 0 Å². The first-order valence-electron chi connectivity index (χ1n) is 5.30. The second-order valence-corrected chi connectivity index (χ2v) is 4.73. The Bertz CT molecular complexity index is 645. The van der Waals surface area contributed by atoms with Crippen LogP contribution in [-0.4, -0.2) is 27.8 Å². The molecule has 1 saturated heterocycles. The number of carbonyl (C=O) groups excluding carboxylic acids is 1. The predicted molar refractivity (Wildman–Crippen MR) is 65.5 cm³/mol. The molecule has 1 aliphatic rings. The van der Waals surface area contributed by atoms with E-state index >= 15 is 0 Å². The van der Waals surface area contributed by atoms with Crippen molar-refractivity contribution in [3.63, 3.8) is 0 Å². The van der Waals surface area contributed by atoms with E-state index in [4.69, 9.17) is 11.6 Å². The Morgan fingerprint density at radius 2 is 2.00 bits per heavy atom. The zero-order chi connectivity index (χ0) is 12.0. The lowest BCUT2D eigenvalue weighted by atomic mass is 10.2. The van der Waals surface area contributed by atoms with Gasteiger partial charge in [-0.05, 0) is 18.2 Å². The van der Waals surface area contributed by atoms with Gasteiger partial charge in [0.1, 0.15) is 0 Å². The molecule has 1 amide bonds. The van der Waals surface area contributed by atoms with Crippen LogP contribution in [0.1, 0.15) is 6.42 Å². The number of rotatable bonds is 1. The maximum Gasteiger partial charge on any atom is 0.323 e. The zero-order valence-corrected chi connectivity index (χ0v) is 9.62. The number of halogens is 1. The molecule has 1 aromatic heterocycles. The van der Waals surface area contributed by atoms with Gasteiger partial charge >= 0.3 is 5.69 Å². The van der Waals surface area contributed by atoms with E-state index in [-0.39, 0.29) is 17.0 Å². The molecule has 1 fully saturated rings. The number of alkyl halides is 1. The first kappa shape index (κ1) is 10.4. The quantitative estimate of drug-likeness (QED) is 0.748. The van der Waals surface area contributed by atoms with Gasteiger partial charge in [-0.15, -0.1) is 11.6 Å². The first-order chi connectivity index (χ1) is 8.13. The maximum absolute atomic E-state index is 11.7. The molecular weight excluding hydrogens is 242 g/mol. The number of carbonyl (C=O) groups is 1. The Balaban J connectivity index is 2.06. The highest BCUT2D eigenvalue weighted by Gasteiger charge is 2.29. The van der Waals surface area contributed by atoms with Gasteiger partial charge in [-0.2, -0.15) is 0 Å². The summed E-state index contributed by atoms with van der Waals surface area (Å²) in [6.45, 7) is 0.514. The fraction of sp³-hybridized carbons (Fsp3) is 0.273. The highest BCUT2D eigenvalue weighted by atomic mass is 35.5. The molecule has 0 radical (unpaired) electrons. The Hall–Kier alpha value is -1.75. The summed E-state index contributed by atoms with van der Waals surface area (Å²) in [6, 6.07) is 5.36. The minimum absolute atomic E-state index is 0.0160. The third-order valence-corrected chi connectivity index (χ3v) is 3.18. The second-order valence-electron chi connectivity index (χ2n) is 4.11. The molecule has 1 unspecified atom stereocenters. The minimum Gasteiger partial charge on any atom is -0.311 e. The summed E-state index contributed by atoms with van der Waals surface area (Å²) in [5, 5.41) is -0.136. The highest BCUT2D eigenvalue weighted by molar-refractivity contribution is 6.24. The van der Waals surface area contributed by atoms with E-state index in [0.29, 0.717) is 18.5 Å². The van der Waals surface area contributed by atoms with Crippen LogP contribution in [0.4, 0.5) is 5.69 Å². The molecule has 2 N–H and O–H groups in total. The average Bonchev–Trinajstić information content (AvgIpc) is 2.78. The summed E-state index contributed by atoms with van der Waals surface area (Å²) in [5.74, 6) is 0.0160. The van der Waals surface area contributed by atoms with Gasteiger partial charge in [0.2, 0.25) is 5.91 Å². The average molecular weight is 252 g/mol. The zero-order valence-electron chi connectivity index (χ0n) is 8.87. The molecule has 1 atom stereocenters. The summed E-state index contributed by atoms with van der Waals surface area (Å²) in [5.41, 5.74) is 1.94. The van der Waals surface area contributed by atoms with E-state index in [2.05, 4.69) is 9.97 Å². The maximum atomic E-state index is 11.7. The van der Waals surface area contributed by atoms with Crippen LogP contribution in [-0.2, 0) is 4.79 Å². The lowest BCUT2D eigenvalue weighted by molar-refractivity contribution is -0.117. The van der Waals surface area contributed by atoms with Crippen molar-refractivity contribution >= 4 is 34.2 Å². The van der Waals surface area contributed by atoms with Crippen LogP contribution in [0.3, 0.4) is 0 Å². The molecule has 0 spiro atoms. The number of nitrogens with zero attached hydrogens (tertiary/aromatic N) is 1. The number of aromatic nitrogens is 2. The van der Waals surface area contributed by atoms with Crippen LogP contribution < -0.4 is 10.6 Å². The molecule has 2 heterocycles. The summed E-state index contributed by atoms with van der Waals surface area (Å²) >= 11 is 5.95. The van der Waals surface area contributed by atoms with Gasteiger partial charge in [0.15, 0.2) is 0 Å². The topological polar surface area (TPSA) is 69.0 Å². The summed E-state index contributed by atoms with van der Waals surface area (Å²) < 4.78 is 0. The number of anilines is 1. The van der Waals surface area contributed by atoms with Crippen LogP contribution in [0.25, 0.3) is 11.0 Å². The lowest BCUT2D eigenvalue weighted by Gasteiger charge is -2.15. The molecule has 5 nitrogen and oxygen atoms in total. The van der Waals surface area contributed by atoms with Crippen molar-refractivity contribution in [1.29, 1.82) is 0 Å². The molecule has 17 heavy (non-hydrogen) atoms. The fourth-order valence-corrected chi connectivity index (χ4v) is 2.37. The standard InChI is InChI=1S/C11H10ClN3O2/c12-6-3-10(16)15(5-6)7-1-2-8-9(4-7)14-11(17)13-8/h1-2,4,6H,3,5H2,(H2,13,14,17). The Morgan fingerprint density at radius 1 is 1.24 bits per heavy atom. The van der Waals surface area contributed by atoms with Gasteiger partial charge in [-0.25, -0.2) is 4.79 Å². The van der Waals surface area contributed by atoms with E-state index in [1.54, 1.807) is 23.1 Å². The van der Waals surface area contributed by atoms with Crippen molar-refractivity contribution in [2.75, 3.05) is 11.4 Å². The first-order valence-corrected chi connectivity index (χ1v) is 5.73. The number of benzene rings is 1. The summed E-state index contributed by atoms with van der Waals surface area (Å²) in [6.07, 6.45) is 0.364. The van der Waals surface area contributed by atoms with E-state index in [1.165, 1.54) is 0 Å². The van der Waals surface area contributed by atoms with Gasteiger partial charge in [-0.3, -0.25) is 4.79 Å². The molecule has 3 rings (SSSR count). The Labute approximate surface area is 101 Å². The summed E-state index contributed by atoms with van der Waals surface area (Å²) in [7, 11) is 0.